The van der Waals surface area contributed by atoms with Crippen LogP contribution in [-0.4, -0.2) is 27.6 Å². The fraction of sp³-hybridized carbons (Fsp3) is 0.0833. The number of carbonyl (C=O) groups is 1. The molecule has 0 saturated carbocycles. The van der Waals surface area contributed by atoms with Gasteiger partial charge in [0.25, 0.3) is 5.91 Å². The van der Waals surface area contributed by atoms with E-state index in [0.717, 1.165) is 28.2 Å². The molecule has 0 aliphatic carbocycles. The lowest BCUT2D eigenvalue weighted by Crippen LogP contribution is -2.26. The van der Waals surface area contributed by atoms with Crippen molar-refractivity contribution in [3.63, 3.8) is 0 Å². The van der Waals surface area contributed by atoms with Gasteiger partial charge in [-0.05, 0) is 36.4 Å². The van der Waals surface area contributed by atoms with Crippen LogP contribution in [0.1, 0.15) is 21.6 Å². The molecule has 0 bridgehead atoms. The number of nitriles is 1. The van der Waals surface area contributed by atoms with Crippen LogP contribution >= 0.6 is 0 Å². The fourth-order valence-corrected chi connectivity index (χ4v) is 3.18. The van der Waals surface area contributed by atoms with Crippen molar-refractivity contribution in [3.05, 3.63) is 95.8 Å². The lowest BCUT2D eigenvalue weighted by molar-refractivity contribution is 0.0954. The van der Waals surface area contributed by atoms with Gasteiger partial charge in [-0.2, -0.15) is 10.4 Å². The zero-order valence-electron chi connectivity index (χ0n) is 16.2. The Labute approximate surface area is 174 Å². The Balaban J connectivity index is 1.51. The second-order valence-electron chi connectivity index (χ2n) is 6.73. The molecule has 0 saturated heterocycles. The number of carbonyl (C=O) groups excluding carboxylic acids is 1. The minimum Gasteiger partial charge on any atom is -0.352 e. The number of aromatic amines is 1. The summed E-state index contributed by atoms with van der Waals surface area (Å²) in [5.41, 5.74) is 5.29. The molecule has 0 unspecified atom stereocenters. The van der Waals surface area contributed by atoms with Gasteiger partial charge in [0.2, 0.25) is 0 Å². The molecule has 2 aromatic heterocycles. The molecule has 6 nitrogen and oxygen atoms in total. The molecule has 30 heavy (non-hydrogen) atoms. The molecule has 4 aromatic rings. The van der Waals surface area contributed by atoms with E-state index in [4.69, 9.17) is 5.26 Å². The van der Waals surface area contributed by atoms with E-state index in [0.29, 0.717) is 24.1 Å². The highest BCUT2D eigenvalue weighted by molar-refractivity contribution is 6.00. The number of hydrogen-bond donors (Lipinski definition) is 2. The van der Waals surface area contributed by atoms with E-state index in [1.165, 1.54) is 0 Å². The van der Waals surface area contributed by atoms with E-state index < -0.39 is 0 Å². The molecule has 0 aliphatic rings. The highest BCUT2D eigenvalue weighted by Crippen LogP contribution is 2.26. The van der Waals surface area contributed by atoms with Crippen molar-refractivity contribution in [1.82, 2.24) is 20.5 Å². The number of nitrogens with zero attached hydrogens (tertiary/aromatic N) is 3. The average molecular weight is 393 g/mol. The molecule has 0 fully saturated rings. The van der Waals surface area contributed by atoms with Gasteiger partial charge in [0.1, 0.15) is 0 Å². The quantitative estimate of drug-likeness (QED) is 0.518. The fourth-order valence-electron chi connectivity index (χ4n) is 3.18. The highest BCUT2D eigenvalue weighted by Gasteiger charge is 2.14. The monoisotopic (exact) mass is 393 g/mol. The molecule has 0 atom stereocenters. The third-order valence-electron chi connectivity index (χ3n) is 4.74. The van der Waals surface area contributed by atoms with Crippen molar-refractivity contribution < 1.29 is 4.79 Å². The Bertz CT molecular complexity index is 1190. The minimum absolute atomic E-state index is 0.143. The van der Waals surface area contributed by atoms with Gasteiger partial charge in [0.05, 0.1) is 23.0 Å². The second-order valence-corrected chi connectivity index (χ2v) is 6.73. The Kier molecular flexibility index (Phi) is 5.63. The number of nitrogens with one attached hydrogen (secondary N) is 2. The molecule has 0 spiro atoms. The molecule has 146 valence electrons. The van der Waals surface area contributed by atoms with E-state index in [-0.39, 0.29) is 5.91 Å². The summed E-state index contributed by atoms with van der Waals surface area (Å²) in [5.74, 6) is -0.143. The average Bonchev–Trinajstić information content (AvgIpc) is 3.30. The number of aromatic nitrogens is 3. The van der Waals surface area contributed by atoms with Gasteiger partial charge in [0.15, 0.2) is 0 Å². The zero-order valence-corrected chi connectivity index (χ0v) is 16.2. The summed E-state index contributed by atoms with van der Waals surface area (Å²) in [5, 5.41) is 19.3. The number of H-pyrrole nitrogens is 1. The predicted octanol–water partition coefficient (Wildman–Crippen LogP) is 3.98. The van der Waals surface area contributed by atoms with Crippen molar-refractivity contribution in [3.8, 4) is 28.6 Å². The Morgan fingerprint density at radius 1 is 1.03 bits per heavy atom. The van der Waals surface area contributed by atoms with Crippen LogP contribution in [0.5, 0.6) is 0 Å². The SMILES string of the molecule is N#Cc1ccc(-c2cc(-c3ccccc3C(=O)NCCc3ccccn3)[nH]n2)cc1. The van der Waals surface area contributed by atoms with Crippen molar-refractivity contribution in [2.45, 2.75) is 6.42 Å². The van der Waals surface area contributed by atoms with Crippen LogP contribution in [-0.2, 0) is 6.42 Å². The van der Waals surface area contributed by atoms with Gasteiger partial charge in [-0.1, -0.05) is 36.4 Å². The van der Waals surface area contributed by atoms with Crippen LogP contribution in [0.4, 0.5) is 0 Å². The maximum Gasteiger partial charge on any atom is 0.251 e. The molecule has 6 heteroatoms. The second kappa shape index (κ2) is 8.84. The smallest absolute Gasteiger partial charge is 0.251 e. The Hall–Kier alpha value is -4.24. The van der Waals surface area contributed by atoms with Crippen LogP contribution < -0.4 is 5.32 Å². The molecular weight excluding hydrogens is 374 g/mol. The zero-order chi connectivity index (χ0) is 20.8. The Morgan fingerprint density at radius 2 is 1.83 bits per heavy atom. The first-order valence-electron chi connectivity index (χ1n) is 9.58. The molecule has 2 aromatic carbocycles. The van der Waals surface area contributed by atoms with Gasteiger partial charge < -0.3 is 5.32 Å². The number of pyridine rings is 1. The molecule has 0 aliphatic heterocycles. The summed E-state index contributed by atoms with van der Waals surface area (Å²) in [6.45, 7) is 0.504. The predicted molar refractivity (Wildman–Crippen MR) is 114 cm³/mol. The maximum absolute atomic E-state index is 12.8. The van der Waals surface area contributed by atoms with E-state index in [1.54, 1.807) is 24.4 Å². The lowest BCUT2D eigenvalue weighted by Gasteiger charge is -2.09. The molecule has 2 N–H and O–H groups in total. The summed E-state index contributed by atoms with van der Waals surface area (Å²) in [6.07, 6.45) is 2.41. The molecule has 1 amide bonds. The number of rotatable bonds is 6. The molecule has 2 heterocycles. The topological polar surface area (TPSA) is 94.5 Å². The first-order valence-corrected chi connectivity index (χ1v) is 9.58. The third-order valence-corrected chi connectivity index (χ3v) is 4.74. The van der Waals surface area contributed by atoms with Gasteiger partial charge in [-0.3, -0.25) is 14.9 Å². The number of benzene rings is 2. The van der Waals surface area contributed by atoms with Crippen molar-refractivity contribution in [1.29, 1.82) is 5.26 Å². The van der Waals surface area contributed by atoms with Crippen LogP contribution in [0, 0.1) is 11.3 Å². The first kappa shape index (κ1) is 19.1. The molecule has 4 rings (SSSR count). The van der Waals surface area contributed by atoms with Crippen LogP contribution in [0.25, 0.3) is 22.5 Å². The first-order chi connectivity index (χ1) is 14.7. The van der Waals surface area contributed by atoms with Crippen molar-refractivity contribution in [2.75, 3.05) is 6.54 Å². The van der Waals surface area contributed by atoms with Crippen molar-refractivity contribution in [2.24, 2.45) is 0 Å². The third kappa shape index (κ3) is 4.26. The highest BCUT2D eigenvalue weighted by atomic mass is 16.1. The minimum atomic E-state index is -0.143. The summed E-state index contributed by atoms with van der Waals surface area (Å²) in [6, 6.07) is 24.4. The largest absolute Gasteiger partial charge is 0.352 e. The van der Waals surface area contributed by atoms with Crippen LogP contribution in [0.3, 0.4) is 0 Å². The van der Waals surface area contributed by atoms with Crippen LogP contribution in [0.2, 0.25) is 0 Å². The van der Waals surface area contributed by atoms with Gasteiger partial charge >= 0.3 is 0 Å². The van der Waals surface area contributed by atoms with E-state index in [9.17, 15) is 4.79 Å². The Morgan fingerprint density at radius 3 is 2.60 bits per heavy atom. The van der Waals surface area contributed by atoms with Gasteiger partial charge in [0, 0.05) is 41.5 Å². The van der Waals surface area contributed by atoms with Crippen molar-refractivity contribution >= 4 is 5.91 Å². The lowest BCUT2D eigenvalue weighted by atomic mass is 10.0. The molecule has 0 radical (unpaired) electrons. The summed E-state index contributed by atoms with van der Waals surface area (Å²) < 4.78 is 0. The van der Waals surface area contributed by atoms with Gasteiger partial charge in [-0.25, -0.2) is 0 Å². The number of hydrogen-bond acceptors (Lipinski definition) is 4. The maximum atomic E-state index is 12.8. The summed E-state index contributed by atoms with van der Waals surface area (Å²) >= 11 is 0. The molecular formula is C24H19N5O. The summed E-state index contributed by atoms with van der Waals surface area (Å²) in [4.78, 5) is 17.1. The van der Waals surface area contributed by atoms with Crippen LogP contribution in [0.15, 0.2) is 79.0 Å². The van der Waals surface area contributed by atoms with Gasteiger partial charge in [-0.15, -0.1) is 0 Å². The van der Waals surface area contributed by atoms with E-state index in [2.05, 4.69) is 26.6 Å². The summed E-state index contributed by atoms with van der Waals surface area (Å²) in [7, 11) is 0. The normalized spacial score (nSPS) is 10.4. The van der Waals surface area contributed by atoms with E-state index >= 15 is 0 Å². The standard InChI is InChI=1S/C24H19N5O/c25-16-17-8-10-18(11-9-17)22-15-23(29-28-22)20-6-1-2-7-21(20)24(30)27-14-12-19-5-3-4-13-26-19/h1-11,13,15H,12,14H2,(H,27,30)(H,28,29). The number of amides is 1. The van der Waals surface area contributed by atoms with E-state index in [1.807, 2.05) is 54.6 Å².